The van der Waals surface area contributed by atoms with E-state index >= 15 is 0 Å². The number of aromatic amines is 1. The van der Waals surface area contributed by atoms with Crippen LogP contribution in [0.3, 0.4) is 0 Å². The molecule has 2 aromatic rings. The molecule has 0 aromatic carbocycles. The maximum absolute atomic E-state index is 9.94. The number of aliphatic hydroxyl groups is 1. The summed E-state index contributed by atoms with van der Waals surface area (Å²) in [6.45, 7) is 2.76. The van der Waals surface area contributed by atoms with E-state index < -0.39 is 6.10 Å². The first-order chi connectivity index (χ1) is 7.33. The number of nitrogens with one attached hydrogen (secondary N) is 1. The molecule has 1 unspecified atom stereocenters. The molecule has 7 heteroatoms. The van der Waals surface area contributed by atoms with Gasteiger partial charge < -0.3 is 5.11 Å². The van der Waals surface area contributed by atoms with E-state index in [9.17, 15) is 5.11 Å². The van der Waals surface area contributed by atoms with Crippen LogP contribution in [0.1, 0.15) is 31.0 Å². The minimum atomic E-state index is -0.853. The van der Waals surface area contributed by atoms with Crippen LogP contribution in [0.25, 0.3) is 0 Å². The van der Waals surface area contributed by atoms with E-state index in [4.69, 9.17) is 0 Å². The van der Waals surface area contributed by atoms with Gasteiger partial charge in [-0.05, 0) is 6.42 Å². The summed E-state index contributed by atoms with van der Waals surface area (Å²) in [4.78, 5) is 3.89. The number of hydrogen-bond donors (Lipinski definition) is 2. The Labute approximate surface area is 86.2 Å². The standard InChI is InChI=1S/C8H12N6O/c1-2-3-14-6(4-10-13-14)7(15)8-9-5-11-12-8/h4-5,7,15H,2-3H2,1H3,(H,9,11,12). The molecule has 0 aliphatic carbocycles. The fourth-order valence-corrected chi connectivity index (χ4v) is 1.35. The zero-order chi connectivity index (χ0) is 10.7. The first-order valence-electron chi connectivity index (χ1n) is 4.74. The number of aliphatic hydroxyl groups excluding tert-OH is 1. The second-order valence-corrected chi connectivity index (χ2v) is 3.16. The molecule has 0 saturated heterocycles. The van der Waals surface area contributed by atoms with Crippen LogP contribution in [-0.2, 0) is 6.54 Å². The fourth-order valence-electron chi connectivity index (χ4n) is 1.35. The van der Waals surface area contributed by atoms with Crippen molar-refractivity contribution in [2.75, 3.05) is 0 Å². The highest BCUT2D eigenvalue weighted by Crippen LogP contribution is 2.16. The number of aromatic nitrogens is 6. The number of nitrogens with zero attached hydrogens (tertiary/aromatic N) is 5. The van der Waals surface area contributed by atoms with Crippen molar-refractivity contribution in [1.82, 2.24) is 30.2 Å². The van der Waals surface area contributed by atoms with E-state index in [2.05, 4.69) is 25.5 Å². The summed E-state index contributed by atoms with van der Waals surface area (Å²) < 4.78 is 1.66. The van der Waals surface area contributed by atoms with Gasteiger partial charge in [0, 0.05) is 6.54 Å². The molecular weight excluding hydrogens is 196 g/mol. The molecule has 7 nitrogen and oxygen atoms in total. The summed E-state index contributed by atoms with van der Waals surface area (Å²) in [5, 5.41) is 23.9. The Hall–Kier alpha value is -1.76. The lowest BCUT2D eigenvalue weighted by Gasteiger charge is -2.08. The van der Waals surface area contributed by atoms with Crippen molar-refractivity contribution in [2.45, 2.75) is 26.0 Å². The molecule has 1 atom stereocenters. The molecule has 2 heterocycles. The summed E-state index contributed by atoms with van der Waals surface area (Å²) in [6.07, 6.45) is 2.96. The molecule has 0 bridgehead atoms. The van der Waals surface area contributed by atoms with Gasteiger partial charge in [0.2, 0.25) is 0 Å². The highest BCUT2D eigenvalue weighted by Gasteiger charge is 2.18. The molecule has 0 aliphatic heterocycles. The van der Waals surface area contributed by atoms with Crippen molar-refractivity contribution in [3.8, 4) is 0 Å². The van der Waals surface area contributed by atoms with Crippen LogP contribution >= 0.6 is 0 Å². The van der Waals surface area contributed by atoms with Crippen LogP contribution in [-0.4, -0.2) is 35.3 Å². The minimum absolute atomic E-state index is 0.398. The molecule has 0 saturated carbocycles. The van der Waals surface area contributed by atoms with Crippen molar-refractivity contribution in [3.63, 3.8) is 0 Å². The lowest BCUT2D eigenvalue weighted by molar-refractivity contribution is 0.198. The summed E-state index contributed by atoms with van der Waals surface area (Å²) in [7, 11) is 0. The SMILES string of the molecule is CCCn1nncc1C(O)c1ncn[nH]1. The predicted molar refractivity (Wildman–Crippen MR) is 50.8 cm³/mol. The molecular formula is C8H12N6O. The van der Waals surface area contributed by atoms with Crippen molar-refractivity contribution in [1.29, 1.82) is 0 Å². The van der Waals surface area contributed by atoms with Crippen LogP contribution in [0.15, 0.2) is 12.5 Å². The molecule has 0 radical (unpaired) electrons. The van der Waals surface area contributed by atoms with E-state index in [0.717, 1.165) is 13.0 Å². The van der Waals surface area contributed by atoms with Gasteiger partial charge in [0.15, 0.2) is 11.9 Å². The molecule has 80 valence electrons. The van der Waals surface area contributed by atoms with E-state index in [1.165, 1.54) is 12.5 Å². The molecule has 0 spiro atoms. The maximum atomic E-state index is 9.94. The fraction of sp³-hybridized carbons (Fsp3) is 0.500. The maximum Gasteiger partial charge on any atom is 0.159 e. The van der Waals surface area contributed by atoms with Gasteiger partial charge in [-0.15, -0.1) is 5.10 Å². The first kappa shape index (κ1) is 9.78. The van der Waals surface area contributed by atoms with Crippen molar-refractivity contribution in [3.05, 3.63) is 24.0 Å². The lowest BCUT2D eigenvalue weighted by atomic mass is 10.2. The highest BCUT2D eigenvalue weighted by molar-refractivity contribution is 5.09. The average molecular weight is 208 g/mol. The largest absolute Gasteiger partial charge is 0.379 e. The Morgan fingerprint density at radius 3 is 3.13 bits per heavy atom. The Kier molecular flexibility index (Phi) is 2.72. The Bertz CT molecular complexity index is 408. The second-order valence-electron chi connectivity index (χ2n) is 3.16. The summed E-state index contributed by atoms with van der Waals surface area (Å²) in [6, 6.07) is 0. The van der Waals surface area contributed by atoms with E-state index in [1.54, 1.807) is 4.68 Å². The Balaban J connectivity index is 2.25. The third-order valence-electron chi connectivity index (χ3n) is 2.06. The molecule has 2 rings (SSSR count). The van der Waals surface area contributed by atoms with Gasteiger partial charge in [-0.2, -0.15) is 5.10 Å². The zero-order valence-electron chi connectivity index (χ0n) is 8.33. The number of rotatable bonds is 4. The number of hydrogen-bond acceptors (Lipinski definition) is 5. The van der Waals surface area contributed by atoms with E-state index in [1.807, 2.05) is 6.92 Å². The molecule has 15 heavy (non-hydrogen) atoms. The van der Waals surface area contributed by atoms with Crippen LogP contribution in [0.2, 0.25) is 0 Å². The molecule has 0 aliphatic rings. The highest BCUT2D eigenvalue weighted by atomic mass is 16.3. The zero-order valence-corrected chi connectivity index (χ0v) is 8.33. The van der Waals surface area contributed by atoms with Crippen LogP contribution < -0.4 is 0 Å². The summed E-state index contributed by atoms with van der Waals surface area (Å²) in [5.41, 5.74) is 0.619. The van der Waals surface area contributed by atoms with Gasteiger partial charge in [-0.3, -0.25) is 5.10 Å². The van der Waals surface area contributed by atoms with Gasteiger partial charge in [0.25, 0.3) is 0 Å². The smallest absolute Gasteiger partial charge is 0.159 e. The number of H-pyrrole nitrogens is 1. The van der Waals surface area contributed by atoms with E-state index in [-0.39, 0.29) is 0 Å². The average Bonchev–Trinajstić information content (AvgIpc) is 2.87. The van der Waals surface area contributed by atoms with Crippen molar-refractivity contribution < 1.29 is 5.11 Å². The van der Waals surface area contributed by atoms with Gasteiger partial charge in [0.05, 0.1) is 11.9 Å². The van der Waals surface area contributed by atoms with Gasteiger partial charge in [-0.25, -0.2) is 9.67 Å². The van der Waals surface area contributed by atoms with Crippen LogP contribution in [0.4, 0.5) is 0 Å². The predicted octanol–water partition coefficient (Wildman–Crippen LogP) is -0.112. The Morgan fingerprint density at radius 2 is 2.47 bits per heavy atom. The van der Waals surface area contributed by atoms with Crippen LogP contribution in [0.5, 0.6) is 0 Å². The topological polar surface area (TPSA) is 92.5 Å². The minimum Gasteiger partial charge on any atom is -0.379 e. The van der Waals surface area contributed by atoms with Gasteiger partial charge in [-0.1, -0.05) is 12.1 Å². The quantitative estimate of drug-likeness (QED) is 0.731. The first-order valence-corrected chi connectivity index (χ1v) is 4.74. The van der Waals surface area contributed by atoms with Crippen LogP contribution in [0, 0.1) is 0 Å². The van der Waals surface area contributed by atoms with Crippen molar-refractivity contribution >= 4 is 0 Å². The monoisotopic (exact) mass is 208 g/mol. The molecule has 2 aromatic heterocycles. The third kappa shape index (κ3) is 1.86. The molecule has 2 N–H and O–H groups in total. The number of aryl methyl sites for hydroxylation is 1. The van der Waals surface area contributed by atoms with Crippen molar-refractivity contribution in [2.24, 2.45) is 0 Å². The lowest BCUT2D eigenvalue weighted by Crippen LogP contribution is -2.11. The Morgan fingerprint density at radius 1 is 1.60 bits per heavy atom. The normalized spacial score (nSPS) is 12.9. The summed E-state index contributed by atoms with van der Waals surface area (Å²) in [5.74, 6) is 0.398. The summed E-state index contributed by atoms with van der Waals surface area (Å²) >= 11 is 0. The van der Waals surface area contributed by atoms with Gasteiger partial charge in [0.1, 0.15) is 6.33 Å². The third-order valence-corrected chi connectivity index (χ3v) is 2.06. The van der Waals surface area contributed by atoms with Gasteiger partial charge >= 0.3 is 0 Å². The molecule has 0 amide bonds. The molecule has 0 fully saturated rings. The van der Waals surface area contributed by atoms with E-state index in [0.29, 0.717) is 11.5 Å². The second kappa shape index (κ2) is 4.18.